The smallest absolute Gasteiger partial charge is 0.356 e. The second kappa shape index (κ2) is 7.79. The molecule has 0 aromatic carbocycles. The van der Waals surface area contributed by atoms with Crippen molar-refractivity contribution < 1.29 is 19.1 Å². The summed E-state index contributed by atoms with van der Waals surface area (Å²) in [4.78, 5) is 29.9. The molecule has 2 fully saturated rings. The van der Waals surface area contributed by atoms with Gasteiger partial charge in [0, 0.05) is 24.6 Å². The number of ether oxygens (including phenoxy) is 2. The third kappa shape index (κ3) is 3.32. The van der Waals surface area contributed by atoms with Crippen LogP contribution in [-0.2, 0) is 20.8 Å². The number of carbonyl (C=O) groups excluding carboxylic acids is 2. The van der Waals surface area contributed by atoms with Crippen molar-refractivity contribution in [3.05, 3.63) is 18.0 Å². The Bertz CT molecular complexity index is 897. The molecule has 0 radical (unpaired) electrons. The van der Waals surface area contributed by atoms with E-state index in [0.29, 0.717) is 49.2 Å². The Balaban J connectivity index is 1.77. The van der Waals surface area contributed by atoms with Crippen molar-refractivity contribution in [2.75, 3.05) is 31.0 Å². The highest BCUT2D eigenvalue weighted by Gasteiger charge is 2.29. The first-order valence-electron chi connectivity index (χ1n) is 9.88. The van der Waals surface area contributed by atoms with E-state index < -0.39 is 5.97 Å². The predicted octanol–water partition coefficient (Wildman–Crippen LogP) is 2.78. The lowest BCUT2D eigenvalue weighted by Gasteiger charge is -2.27. The maximum absolute atomic E-state index is 12.7. The molecule has 8 nitrogen and oxygen atoms in total. The molecule has 2 aromatic rings. The van der Waals surface area contributed by atoms with Crippen molar-refractivity contribution in [2.24, 2.45) is 5.92 Å². The molecule has 28 heavy (non-hydrogen) atoms. The molecule has 1 aliphatic heterocycles. The monoisotopic (exact) mass is 386 g/mol. The Hall–Kier alpha value is -2.61. The molecule has 1 saturated carbocycles. The molecule has 1 amide bonds. The summed E-state index contributed by atoms with van der Waals surface area (Å²) < 4.78 is 12.1. The largest absolute Gasteiger partial charge is 0.464 e. The van der Waals surface area contributed by atoms with Gasteiger partial charge in [0.2, 0.25) is 5.91 Å². The number of esters is 1. The Morgan fingerprint density at radius 2 is 2.18 bits per heavy atom. The summed E-state index contributed by atoms with van der Waals surface area (Å²) >= 11 is 0. The fourth-order valence-corrected chi connectivity index (χ4v) is 3.80. The average Bonchev–Trinajstić information content (AvgIpc) is 3.30. The van der Waals surface area contributed by atoms with Crippen molar-refractivity contribution in [3.63, 3.8) is 0 Å². The second-order valence-corrected chi connectivity index (χ2v) is 7.38. The van der Waals surface area contributed by atoms with Gasteiger partial charge in [-0.05, 0) is 38.7 Å². The number of nitrogens with one attached hydrogen (secondary N) is 2. The lowest BCUT2D eigenvalue weighted by Crippen LogP contribution is -2.27. The Kier molecular flexibility index (Phi) is 5.21. The molecule has 2 aliphatic rings. The Morgan fingerprint density at radius 3 is 2.79 bits per heavy atom. The van der Waals surface area contributed by atoms with Gasteiger partial charge in [-0.2, -0.15) is 0 Å². The van der Waals surface area contributed by atoms with Crippen LogP contribution in [0.15, 0.2) is 12.3 Å². The van der Waals surface area contributed by atoms with Crippen LogP contribution in [0.25, 0.3) is 11.0 Å². The van der Waals surface area contributed by atoms with Crippen molar-refractivity contribution in [3.8, 4) is 0 Å². The Labute approximate surface area is 163 Å². The molecule has 4 rings (SSSR count). The minimum atomic E-state index is -0.494. The molecule has 1 saturated heterocycles. The fourth-order valence-electron chi connectivity index (χ4n) is 3.80. The number of aromatic nitrogens is 2. The molecule has 150 valence electrons. The topological polar surface area (TPSA) is 94.5 Å². The highest BCUT2D eigenvalue weighted by molar-refractivity contribution is 6.11. The first-order valence-corrected chi connectivity index (χ1v) is 9.88. The second-order valence-electron chi connectivity index (χ2n) is 7.38. The van der Waals surface area contributed by atoms with Gasteiger partial charge in [-0.1, -0.05) is 0 Å². The lowest BCUT2D eigenvalue weighted by molar-refractivity contribution is -0.119. The van der Waals surface area contributed by atoms with Crippen LogP contribution in [0.2, 0.25) is 0 Å². The van der Waals surface area contributed by atoms with E-state index in [-0.39, 0.29) is 11.8 Å². The van der Waals surface area contributed by atoms with Gasteiger partial charge in [0.15, 0.2) is 5.69 Å². The summed E-state index contributed by atoms with van der Waals surface area (Å²) in [5.41, 5.74) is 2.33. The van der Waals surface area contributed by atoms with Crippen LogP contribution in [0.1, 0.15) is 43.1 Å². The third-order valence-electron chi connectivity index (χ3n) is 5.62. The van der Waals surface area contributed by atoms with Gasteiger partial charge in [0.1, 0.15) is 5.65 Å². The average molecular weight is 386 g/mol. The van der Waals surface area contributed by atoms with E-state index >= 15 is 0 Å². The van der Waals surface area contributed by atoms with E-state index in [1.54, 1.807) is 10.8 Å². The van der Waals surface area contributed by atoms with Gasteiger partial charge in [-0.25, -0.2) is 9.78 Å². The zero-order chi connectivity index (χ0) is 19.7. The van der Waals surface area contributed by atoms with Gasteiger partial charge < -0.3 is 24.7 Å². The van der Waals surface area contributed by atoms with Crippen LogP contribution in [0.4, 0.5) is 11.4 Å². The molecular weight excluding hydrogens is 360 g/mol. The van der Waals surface area contributed by atoms with Crippen molar-refractivity contribution in [2.45, 2.75) is 45.2 Å². The molecular formula is C20H26N4O4. The summed E-state index contributed by atoms with van der Waals surface area (Å²) in [6.07, 6.45) is 5.99. The van der Waals surface area contributed by atoms with E-state index in [0.717, 1.165) is 23.9 Å². The minimum absolute atomic E-state index is 0.143. The zero-order valence-electron chi connectivity index (χ0n) is 16.3. The molecule has 2 N–H and O–H groups in total. The number of anilines is 2. The van der Waals surface area contributed by atoms with E-state index in [2.05, 4.69) is 15.6 Å². The maximum atomic E-state index is 12.7. The lowest BCUT2D eigenvalue weighted by atomic mass is 9.93. The quantitative estimate of drug-likeness (QED) is 0.742. The van der Waals surface area contributed by atoms with Crippen LogP contribution in [0.3, 0.4) is 0 Å². The Morgan fingerprint density at radius 1 is 1.36 bits per heavy atom. The number of methoxy groups -OCH3 is 1. The number of aryl methyl sites for hydroxylation is 1. The summed E-state index contributed by atoms with van der Waals surface area (Å²) in [7, 11) is 1.34. The fraction of sp³-hybridized carbons (Fsp3) is 0.550. The number of pyridine rings is 1. The number of hydrogen-bond acceptors (Lipinski definition) is 6. The van der Waals surface area contributed by atoms with Gasteiger partial charge >= 0.3 is 5.97 Å². The molecule has 8 heteroatoms. The highest BCUT2D eigenvalue weighted by atomic mass is 16.5. The van der Waals surface area contributed by atoms with Gasteiger partial charge in [-0.15, -0.1) is 0 Å². The first-order chi connectivity index (χ1) is 13.6. The number of amides is 1. The molecule has 1 atom stereocenters. The standard InChI is InChI=1S/C20H26N4O4/c1-3-24-17(20(26)27-2)16(23-19(25)12-7-8-28-11-12)15-9-14(10-21-18(15)24)22-13-5-4-6-13/h9-10,12-13,22H,3-8,11H2,1-2H3,(H,23,25). The molecule has 3 heterocycles. The normalized spacial score (nSPS) is 19.4. The first kappa shape index (κ1) is 18.7. The number of nitrogens with zero attached hydrogens (tertiary/aromatic N) is 2. The van der Waals surface area contributed by atoms with E-state index in [1.165, 1.54) is 13.5 Å². The summed E-state index contributed by atoms with van der Waals surface area (Å²) in [6, 6.07) is 2.42. The summed E-state index contributed by atoms with van der Waals surface area (Å²) in [5, 5.41) is 7.18. The van der Waals surface area contributed by atoms with Gasteiger partial charge in [0.05, 0.1) is 37.2 Å². The van der Waals surface area contributed by atoms with Crippen LogP contribution in [0, 0.1) is 5.92 Å². The molecule has 1 aliphatic carbocycles. The maximum Gasteiger partial charge on any atom is 0.356 e. The SMILES string of the molecule is CCn1c(C(=O)OC)c(NC(=O)C2CCOC2)c2cc(NC3CCC3)cnc21. The van der Waals surface area contributed by atoms with Crippen molar-refractivity contribution >= 4 is 34.3 Å². The van der Waals surface area contributed by atoms with Gasteiger partial charge in [-0.3, -0.25) is 4.79 Å². The van der Waals surface area contributed by atoms with E-state index in [9.17, 15) is 9.59 Å². The number of fused-ring (bicyclic) bond motifs is 1. The van der Waals surface area contributed by atoms with E-state index in [4.69, 9.17) is 9.47 Å². The zero-order valence-corrected chi connectivity index (χ0v) is 16.3. The summed E-state index contributed by atoms with van der Waals surface area (Å²) in [6.45, 7) is 3.45. The minimum Gasteiger partial charge on any atom is -0.464 e. The van der Waals surface area contributed by atoms with Crippen LogP contribution in [0.5, 0.6) is 0 Å². The number of rotatable bonds is 6. The van der Waals surface area contributed by atoms with E-state index in [1.807, 2.05) is 13.0 Å². The molecule has 0 bridgehead atoms. The highest BCUT2D eigenvalue weighted by Crippen LogP contribution is 2.34. The van der Waals surface area contributed by atoms with Crippen molar-refractivity contribution in [1.82, 2.24) is 9.55 Å². The summed E-state index contributed by atoms with van der Waals surface area (Å²) in [5.74, 6) is -0.851. The van der Waals surface area contributed by atoms with Gasteiger partial charge in [0.25, 0.3) is 0 Å². The van der Waals surface area contributed by atoms with Crippen molar-refractivity contribution in [1.29, 1.82) is 0 Å². The molecule has 1 unspecified atom stereocenters. The van der Waals surface area contributed by atoms with Crippen LogP contribution in [-0.4, -0.2) is 47.8 Å². The third-order valence-corrected chi connectivity index (χ3v) is 5.62. The predicted molar refractivity (Wildman–Crippen MR) is 106 cm³/mol. The molecule has 2 aromatic heterocycles. The number of hydrogen-bond donors (Lipinski definition) is 2. The number of carbonyl (C=O) groups is 2. The van der Waals surface area contributed by atoms with Crippen LogP contribution >= 0.6 is 0 Å². The molecule has 0 spiro atoms. The van der Waals surface area contributed by atoms with Crippen LogP contribution < -0.4 is 10.6 Å².